The van der Waals surface area contributed by atoms with Crippen LogP contribution in [0.2, 0.25) is 5.02 Å². The van der Waals surface area contributed by atoms with E-state index in [1.54, 1.807) is 6.07 Å². The highest BCUT2D eigenvalue weighted by Gasteiger charge is 2.52. The van der Waals surface area contributed by atoms with E-state index in [1.165, 1.54) is 0 Å². The molecule has 1 aromatic heterocycles. The van der Waals surface area contributed by atoms with Crippen molar-refractivity contribution in [1.29, 1.82) is 0 Å². The molecule has 1 aliphatic carbocycles. The van der Waals surface area contributed by atoms with Crippen molar-refractivity contribution < 1.29 is 14.0 Å². The highest BCUT2D eigenvalue weighted by atomic mass is 35.5. The summed E-state index contributed by atoms with van der Waals surface area (Å²) >= 11 is 6.09. The van der Waals surface area contributed by atoms with Gasteiger partial charge in [-0.05, 0) is 55.5 Å². The molecule has 2 amide bonds. The Balaban J connectivity index is 1.34. The van der Waals surface area contributed by atoms with Gasteiger partial charge in [-0.15, -0.1) is 0 Å². The van der Waals surface area contributed by atoms with Gasteiger partial charge in [-0.1, -0.05) is 37.6 Å². The van der Waals surface area contributed by atoms with E-state index in [9.17, 15) is 9.59 Å². The Hall–Kier alpha value is -2.27. The van der Waals surface area contributed by atoms with Gasteiger partial charge in [-0.25, -0.2) is 0 Å². The Morgan fingerprint density at radius 1 is 1.28 bits per heavy atom. The van der Waals surface area contributed by atoms with Gasteiger partial charge in [0.25, 0.3) is 5.91 Å². The number of halogens is 1. The average Bonchev–Trinajstić information content (AvgIpc) is 3.09. The van der Waals surface area contributed by atoms with E-state index in [0.29, 0.717) is 23.9 Å². The number of nitrogens with zero attached hydrogens (tertiary/aromatic N) is 1. The molecule has 1 N–H and O–H groups in total. The van der Waals surface area contributed by atoms with Gasteiger partial charge in [-0.3, -0.25) is 9.59 Å². The third-order valence-corrected chi connectivity index (χ3v) is 6.20. The second kappa shape index (κ2) is 7.86. The molecule has 5 nitrogen and oxygen atoms in total. The summed E-state index contributed by atoms with van der Waals surface area (Å²) < 4.78 is 5.63. The second-order valence-electron chi connectivity index (χ2n) is 8.65. The first kappa shape index (κ1) is 20.0. The van der Waals surface area contributed by atoms with E-state index in [1.807, 2.05) is 49.1 Å². The van der Waals surface area contributed by atoms with Crippen molar-refractivity contribution in [2.45, 2.75) is 51.5 Å². The lowest BCUT2D eigenvalue weighted by Gasteiger charge is -2.23. The molecule has 1 saturated heterocycles. The van der Waals surface area contributed by atoms with Crippen molar-refractivity contribution in [1.82, 2.24) is 10.2 Å². The first-order valence-electron chi connectivity index (χ1n) is 10.3. The number of carbonyl (C=O) groups is 2. The van der Waals surface area contributed by atoms with Crippen molar-refractivity contribution in [3.63, 3.8) is 0 Å². The van der Waals surface area contributed by atoms with Gasteiger partial charge in [0.2, 0.25) is 5.91 Å². The fourth-order valence-electron chi connectivity index (χ4n) is 4.09. The molecule has 6 heteroatoms. The topological polar surface area (TPSA) is 62.6 Å². The Kier molecular flexibility index (Phi) is 5.43. The molecule has 2 aliphatic rings. The van der Waals surface area contributed by atoms with E-state index in [4.69, 9.17) is 16.0 Å². The first-order chi connectivity index (χ1) is 13.9. The van der Waals surface area contributed by atoms with E-state index in [2.05, 4.69) is 5.32 Å². The van der Waals surface area contributed by atoms with E-state index < -0.39 is 0 Å². The Morgan fingerprint density at radius 3 is 2.72 bits per heavy atom. The van der Waals surface area contributed by atoms with E-state index >= 15 is 0 Å². The molecule has 1 saturated carbocycles. The molecule has 4 rings (SSSR count). The van der Waals surface area contributed by atoms with Crippen molar-refractivity contribution in [2.24, 2.45) is 5.41 Å². The van der Waals surface area contributed by atoms with Gasteiger partial charge in [0.1, 0.15) is 5.76 Å². The number of likely N-dealkylation sites (tertiary alicyclic amines) is 1. The predicted molar refractivity (Wildman–Crippen MR) is 112 cm³/mol. The number of amides is 2. The van der Waals surface area contributed by atoms with Gasteiger partial charge in [0.15, 0.2) is 5.76 Å². The number of hydrogen-bond acceptors (Lipinski definition) is 3. The molecule has 0 radical (unpaired) electrons. The molecule has 1 atom stereocenters. The van der Waals surface area contributed by atoms with Crippen LogP contribution in [0.4, 0.5) is 0 Å². The number of furan rings is 1. The second-order valence-corrected chi connectivity index (χ2v) is 9.09. The molecule has 2 aromatic rings. The zero-order valence-electron chi connectivity index (χ0n) is 16.9. The fourth-order valence-corrected chi connectivity index (χ4v) is 4.31. The third-order valence-electron chi connectivity index (χ3n) is 5.97. The molecule has 0 spiro atoms. The van der Waals surface area contributed by atoms with Crippen molar-refractivity contribution in [3.8, 4) is 0 Å². The molecule has 29 heavy (non-hydrogen) atoms. The summed E-state index contributed by atoms with van der Waals surface area (Å²) in [4.78, 5) is 27.5. The molecule has 2 heterocycles. The highest BCUT2D eigenvalue weighted by molar-refractivity contribution is 6.30. The Labute approximate surface area is 176 Å². The maximum atomic E-state index is 13.2. The normalized spacial score (nSPS) is 20.1. The summed E-state index contributed by atoms with van der Waals surface area (Å²) in [5.74, 6) is 1.36. The lowest BCUT2D eigenvalue weighted by atomic mass is 9.95. The lowest BCUT2D eigenvalue weighted by Crippen LogP contribution is -2.41. The number of benzene rings is 1. The number of nitrogens with one attached hydrogen (secondary N) is 1. The maximum absolute atomic E-state index is 13.2. The SMILES string of the molecule is CC(C)c1ccc(C(=O)N[C@@H]2CCN(C(=O)C3(Cc4cccc(Cl)c4)CC3)C2)o1. The molecule has 2 fully saturated rings. The van der Waals surface area contributed by atoms with Crippen LogP contribution in [0.3, 0.4) is 0 Å². The molecule has 0 unspecified atom stereocenters. The minimum Gasteiger partial charge on any atom is -0.456 e. The third kappa shape index (κ3) is 4.35. The summed E-state index contributed by atoms with van der Waals surface area (Å²) in [7, 11) is 0. The predicted octanol–water partition coefficient (Wildman–Crippen LogP) is 4.41. The largest absolute Gasteiger partial charge is 0.456 e. The number of carbonyl (C=O) groups excluding carboxylic acids is 2. The van der Waals surface area contributed by atoms with E-state index in [0.717, 1.165) is 37.0 Å². The van der Waals surface area contributed by atoms with Crippen molar-refractivity contribution in [2.75, 3.05) is 13.1 Å². The monoisotopic (exact) mass is 414 g/mol. The molecule has 1 aliphatic heterocycles. The summed E-state index contributed by atoms with van der Waals surface area (Å²) in [5.41, 5.74) is 0.808. The van der Waals surface area contributed by atoms with Crippen LogP contribution in [-0.2, 0) is 11.2 Å². The molecule has 0 bridgehead atoms. The van der Waals surface area contributed by atoms with Crippen LogP contribution >= 0.6 is 11.6 Å². The van der Waals surface area contributed by atoms with E-state index in [-0.39, 0.29) is 29.2 Å². The fraction of sp³-hybridized carbons (Fsp3) is 0.478. The molecular weight excluding hydrogens is 388 g/mol. The summed E-state index contributed by atoms with van der Waals surface area (Å²) in [6, 6.07) is 11.3. The highest BCUT2D eigenvalue weighted by Crippen LogP contribution is 2.50. The summed E-state index contributed by atoms with van der Waals surface area (Å²) in [6.45, 7) is 5.28. The standard InChI is InChI=1S/C23H27ClN2O3/c1-15(2)19-6-7-20(29-19)21(27)25-18-8-11-26(14-18)22(28)23(9-10-23)13-16-4-3-5-17(24)12-16/h3-7,12,15,18H,8-11,13-14H2,1-2H3,(H,25,27)/t18-/m1/s1. The first-order valence-corrected chi connectivity index (χ1v) is 10.7. The van der Waals surface area contributed by atoms with Crippen LogP contribution in [0.25, 0.3) is 0 Å². The summed E-state index contributed by atoms with van der Waals surface area (Å²) in [5, 5.41) is 3.72. The minimum absolute atomic E-state index is 0.0407. The van der Waals surface area contributed by atoms with Crippen LogP contribution < -0.4 is 5.32 Å². The smallest absolute Gasteiger partial charge is 0.287 e. The molecular formula is C23H27ClN2O3. The van der Waals surface area contributed by atoms with Crippen LogP contribution in [0.15, 0.2) is 40.8 Å². The van der Waals surface area contributed by atoms with Gasteiger partial charge in [-0.2, -0.15) is 0 Å². The van der Waals surface area contributed by atoms with Gasteiger partial charge >= 0.3 is 0 Å². The minimum atomic E-state index is -0.295. The lowest BCUT2D eigenvalue weighted by molar-refractivity contribution is -0.136. The maximum Gasteiger partial charge on any atom is 0.287 e. The van der Waals surface area contributed by atoms with Crippen LogP contribution in [0.1, 0.15) is 60.9 Å². The summed E-state index contributed by atoms with van der Waals surface area (Å²) in [6.07, 6.45) is 3.32. The van der Waals surface area contributed by atoms with Gasteiger partial charge in [0, 0.05) is 30.1 Å². The van der Waals surface area contributed by atoms with Crippen LogP contribution in [0, 0.1) is 5.41 Å². The molecule has 154 valence electrons. The average molecular weight is 415 g/mol. The van der Waals surface area contributed by atoms with Crippen LogP contribution in [0.5, 0.6) is 0 Å². The zero-order chi connectivity index (χ0) is 20.6. The number of hydrogen-bond donors (Lipinski definition) is 1. The number of rotatable bonds is 6. The Morgan fingerprint density at radius 2 is 2.07 bits per heavy atom. The quantitative estimate of drug-likeness (QED) is 0.761. The van der Waals surface area contributed by atoms with Crippen molar-refractivity contribution in [3.05, 3.63) is 58.5 Å². The zero-order valence-corrected chi connectivity index (χ0v) is 17.7. The Bertz CT molecular complexity index is 916. The van der Waals surface area contributed by atoms with Crippen LogP contribution in [-0.4, -0.2) is 35.8 Å². The van der Waals surface area contributed by atoms with Gasteiger partial charge < -0.3 is 14.6 Å². The van der Waals surface area contributed by atoms with Gasteiger partial charge in [0.05, 0.1) is 5.41 Å². The van der Waals surface area contributed by atoms with Crippen molar-refractivity contribution >= 4 is 23.4 Å². The molecule has 1 aromatic carbocycles.